The van der Waals surface area contributed by atoms with Crippen molar-refractivity contribution >= 4 is 5.78 Å². The largest absolute Gasteiger partial charge is 0.300 e. The van der Waals surface area contributed by atoms with Crippen LogP contribution in [0.4, 0.5) is 0 Å². The molecule has 2 aliphatic rings. The monoisotopic (exact) mass is 286 g/mol. The predicted molar refractivity (Wildman–Crippen MR) is 85.8 cm³/mol. The molecule has 0 bridgehead atoms. The van der Waals surface area contributed by atoms with Gasteiger partial charge in [0.15, 0.2) is 5.78 Å². The van der Waals surface area contributed by atoms with Gasteiger partial charge >= 0.3 is 0 Å². The van der Waals surface area contributed by atoms with Crippen LogP contribution < -0.4 is 0 Å². The van der Waals surface area contributed by atoms with E-state index in [9.17, 15) is 4.79 Å². The molecule has 0 spiro atoms. The number of carbonyl (C=O) groups excluding carboxylic acids is 1. The number of benzene rings is 1. The highest BCUT2D eigenvalue weighted by molar-refractivity contribution is 5.96. The summed E-state index contributed by atoms with van der Waals surface area (Å²) in [6.45, 7) is 7.71. The number of hydrogen-bond donors (Lipinski definition) is 0. The van der Waals surface area contributed by atoms with Crippen molar-refractivity contribution in [3.05, 3.63) is 35.4 Å². The van der Waals surface area contributed by atoms with Crippen molar-refractivity contribution in [3.8, 4) is 0 Å². The van der Waals surface area contributed by atoms with E-state index in [0.29, 0.717) is 6.42 Å². The van der Waals surface area contributed by atoms with Crippen LogP contribution in [0.15, 0.2) is 24.3 Å². The zero-order valence-electron chi connectivity index (χ0n) is 13.1. The first-order valence-electron chi connectivity index (χ1n) is 8.28. The van der Waals surface area contributed by atoms with Crippen LogP contribution in [-0.2, 0) is 0 Å². The number of Topliss-reactive ketones (excluding diaryl/α,β-unsaturated/α-hetero) is 1. The lowest BCUT2D eigenvalue weighted by Crippen LogP contribution is -2.54. The van der Waals surface area contributed by atoms with Crippen molar-refractivity contribution in [2.45, 2.75) is 38.6 Å². The van der Waals surface area contributed by atoms with E-state index in [1.54, 1.807) is 0 Å². The summed E-state index contributed by atoms with van der Waals surface area (Å²) >= 11 is 0. The van der Waals surface area contributed by atoms with Crippen LogP contribution in [0.3, 0.4) is 0 Å². The maximum Gasteiger partial charge on any atom is 0.164 e. The SMILES string of the molecule is Cc1ccc(C(=O)CCN2CCN3CCCCC3C2)cc1. The summed E-state index contributed by atoms with van der Waals surface area (Å²) in [5, 5.41) is 0. The Bertz CT molecular complexity index is 482. The molecule has 1 unspecified atom stereocenters. The summed E-state index contributed by atoms with van der Waals surface area (Å²) in [6.07, 6.45) is 4.72. The molecule has 3 heteroatoms. The highest BCUT2D eigenvalue weighted by Gasteiger charge is 2.28. The Morgan fingerprint density at radius 3 is 2.76 bits per heavy atom. The van der Waals surface area contributed by atoms with Crippen LogP contribution in [0.25, 0.3) is 0 Å². The Morgan fingerprint density at radius 1 is 1.14 bits per heavy atom. The summed E-state index contributed by atoms with van der Waals surface area (Å²) in [5.74, 6) is 0.279. The molecule has 0 saturated carbocycles. The fourth-order valence-corrected chi connectivity index (χ4v) is 3.57. The van der Waals surface area contributed by atoms with Crippen LogP contribution >= 0.6 is 0 Å². The third-order valence-electron chi connectivity index (χ3n) is 4.95. The number of piperidine rings is 1. The lowest BCUT2D eigenvalue weighted by atomic mass is 9.99. The first-order valence-corrected chi connectivity index (χ1v) is 8.28. The zero-order chi connectivity index (χ0) is 14.7. The molecule has 0 aliphatic carbocycles. The van der Waals surface area contributed by atoms with Gasteiger partial charge in [-0.3, -0.25) is 9.69 Å². The lowest BCUT2D eigenvalue weighted by Gasteiger charge is -2.44. The van der Waals surface area contributed by atoms with Crippen molar-refractivity contribution in [2.75, 3.05) is 32.7 Å². The minimum Gasteiger partial charge on any atom is -0.300 e. The maximum atomic E-state index is 12.2. The van der Waals surface area contributed by atoms with E-state index in [4.69, 9.17) is 0 Å². The first-order chi connectivity index (χ1) is 10.2. The second kappa shape index (κ2) is 6.71. The number of carbonyl (C=O) groups is 1. The summed E-state index contributed by atoms with van der Waals surface area (Å²) in [6, 6.07) is 8.69. The van der Waals surface area contributed by atoms with Crippen LogP contribution in [-0.4, -0.2) is 54.3 Å². The molecule has 1 aromatic carbocycles. The molecule has 114 valence electrons. The lowest BCUT2D eigenvalue weighted by molar-refractivity contribution is 0.0480. The topological polar surface area (TPSA) is 23.6 Å². The molecule has 2 aliphatic heterocycles. The van der Waals surface area contributed by atoms with E-state index >= 15 is 0 Å². The van der Waals surface area contributed by atoms with Gasteiger partial charge in [0.1, 0.15) is 0 Å². The summed E-state index contributed by atoms with van der Waals surface area (Å²) < 4.78 is 0. The number of nitrogens with zero attached hydrogens (tertiary/aromatic N) is 2. The van der Waals surface area contributed by atoms with Crippen molar-refractivity contribution in [3.63, 3.8) is 0 Å². The molecule has 0 radical (unpaired) electrons. The average Bonchev–Trinajstić information content (AvgIpc) is 2.53. The van der Waals surface area contributed by atoms with Crippen LogP contribution in [0, 0.1) is 6.92 Å². The molecular weight excluding hydrogens is 260 g/mol. The van der Waals surface area contributed by atoms with Gasteiger partial charge < -0.3 is 4.90 Å². The number of piperazine rings is 1. The second-order valence-corrected chi connectivity index (χ2v) is 6.53. The minimum atomic E-state index is 0.279. The Balaban J connectivity index is 1.48. The predicted octanol–water partition coefficient (Wildman–Crippen LogP) is 2.74. The Kier molecular flexibility index (Phi) is 4.71. The highest BCUT2D eigenvalue weighted by Crippen LogP contribution is 2.21. The molecular formula is C18H26N2O. The van der Waals surface area contributed by atoms with Gasteiger partial charge in [-0.1, -0.05) is 36.2 Å². The second-order valence-electron chi connectivity index (χ2n) is 6.53. The molecule has 2 fully saturated rings. The van der Waals surface area contributed by atoms with Crippen LogP contribution in [0.5, 0.6) is 0 Å². The fourth-order valence-electron chi connectivity index (χ4n) is 3.57. The number of aryl methyl sites for hydroxylation is 1. The smallest absolute Gasteiger partial charge is 0.164 e. The van der Waals surface area contributed by atoms with Gasteiger partial charge in [0.2, 0.25) is 0 Å². The Morgan fingerprint density at radius 2 is 1.95 bits per heavy atom. The number of fused-ring (bicyclic) bond motifs is 1. The number of ketones is 1. The number of rotatable bonds is 4. The average molecular weight is 286 g/mol. The third kappa shape index (κ3) is 3.72. The van der Waals surface area contributed by atoms with Crippen molar-refractivity contribution in [2.24, 2.45) is 0 Å². The van der Waals surface area contributed by atoms with E-state index in [1.165, 1.54) is 37.9 Å². The van der Waals surface area contributed by atoms with Gasteiger partial charge in [-0.05, 0) is 26.3 Å². The third-order valence-corrected chi connectivity index (χ3v) is 4.95. The highest BCUT2D eigenvalue weighted by atomic mass is 16.1. The van der Waals surface area contributed by atoms with E-state index in [2.05, 4.69) is 16.7 Å². The molecule has 21 heavy (non-hydrogen) atoms. The van der Waals surface area contributed by atoms with E-state index < -0.39 is 0 Å². The minimum absolute atomic E-state index is 0.279. The van der Waals surface area contributed by atoms with Gasteiger partial charge in [-0.25, -0.2) is 0 Å². The quantitative estimate of drug-likeness (QED) is 0.795. The van der Waals surface area contributed by atoms with Gasteiger partial charge in [-0.2, -0.15) is 0 Å². The molecule has 3 nitrogen and oxygen atoms in total. The molecule has 0 N–H and O–H groups in total. The first kappa shape index (κ1) is 14.7. The van der Waals surface area contributed by atoms with Gasteiger partial charge in [0, 0.05) is 44.2 Å². The molecule has 0 amide bonds. The Hall–Kier alpha value is -1.19. The standard InChI is InChI=1S/C18H26N2O/c1-15-5-7-16(8-6-15)18(21)9-11-19-12-13-20-10-3-2-4-17(20)14-19/h5-8,17H,2-4,9-14H2,1H3. The normalized spacial score (nSPS) is 23.8. The van der Waals surface area contributed by atoms with Gasteiger partial charge in [0.25, 0.3) is 0 Å². The summed E-state index contributed by atoms with van der Waals surface area (Å²) in [7, 11) is 0. The molecule has 2 saturated heterocycles. The molecule has 1 atom stereocenters. The molecule has 1 aromatic rings. The van der Waals surface area contributed by atoms with E-state index in [0.717, 1.165) is 31.2 Å². The van der Waals surface area contributed by atoms with Crippen molar-refractivity contribution < 1.29 is 4.79 Å². The van der Waals surface area contributed by atoms with Gasteiger partial charge in [-0.15, -0.1) is 0 Å². The molecule has 3 rings (SSSR count). The van der Waals surface area contributed by atoms with Crippen LogP contribution in [0.1, 0.15) is 41.6 Å². The summed E-state index contributed by atoms with van der Waals surface area (Å²) in [5.41, 5.74) is 2.07. The van der Waals surface area contributed by atoms with E-state index in [1.807, 2.05) is 24.3 Å². The molecule has 2 heterocycles. The van der Waals surface area contributed by atoms with Crippen molar-refractivity contribution in [1.29, 1.82) is 0 Å². The van der Waals surface area contributed by atoms with Gasteiger partial charge in [0.05, 0.1) is 0 Å². The van der Waals surface area contributed by atoms with E-state index in [-0.39, 0.29) is 5.78 Å². The Labute approximate surface area is 127 Å². The number of hydrogen-bond acceptors (Lipinski definition) is 3. The summed E-state index contributed by atoms with van der Waals surface area (Å²) in [4.78, 5) is 17.4. The fraction of sp³-hybridized carbons (Fsp3) is 0.611. The molecule has 0 aromatic heterocycles. The maximum absolute atomic E-state index is 12.2. The van der Waals surface area contributed by atoms with Crippen molar-refractivity contribution in [1.82, 2.24) is 9.80 Å². The van der Waals surface area contributed by atoms with Crippen LogP contribution in [0.2, 0.25) is 0 Å². The zero-order valence-corrected chi connectivity index (χ0v) is 13.1.